The molecule has 0 radical (unpaired) electrons. The van der Waals surface area contributed by atoms with Gasteiger partial charge in [0.2, 0.25) is 0 Å². The molecule has 2 heterocycles. The van der Waals surface area contributed by atoms with E-state index in [1.165, 1.54) is 0 Å². The molecule has 2 aromatic rings. The standard InChI is InChI=1S/C16H21N3O3/c1-10-7-19(8-11(2)22-10)16-12-5-6-13(20-3)15(21-4)14(12)17-9-18-16/h5-6,9-11H,7-8H2,1-4H3. The molecule has 1 fully saturated rings. The number of ether oxygens (including phenoxy) is 3. The third-order valence-electron chi connectivity index (χ3n) is 3.85. The molecule has 1 aromatic heterocycles. The maximum Gasteiger partial charge on any atom is 0.187 e. The van der Waals surface area contributed by atoms with Crippen molar-refractivity contribution in [3.8, 4) is 11.5 Å². The predicted octanol–water partition coefficient (Wildman–Crippen LogP) is 2.26. The van der Waals surface area contributed by atoms with Crippen molar-refractivity contribution in [3.05, 3.63) is 18.5 Å². The Balaban J connectivity index is 2.11. The average molecular weight is 303 g/mol. The fraction of sp³-hybridized carbons (Fsp3) is 0.500. The van der Waals surface area contributed by atoms with Gasteiger partial charge >= 0.3 is 0 Å². The first-order valence-corrected chi connectivity index (χ1v) is 7.40. The molecule has 0 N–H and O–H groups in total. The predicted molar refractivity (Wildman–Crippen MR) is 84.9 cm³/mol. The third-order valence-corrected chi connectivity index (χ3v) is 3.85. The van der Waals surface area contributed by atoms with E-state index in [2.05, 4.69) is 28.7 Å². The number of fused-ring (bicyclic) bond motifs is 1. The summed E-state index contributed by atoms with van der Waals surface area (Å²) in [4.78, 5) is 11.1. The summed E-state index contributed by atoms with van der Waals surface area (Å²) in [6.07, 6.45) is 1.92. The smallest absolute Gasteiger partial charge is 0.187 e. The van der Waals surface area contributed by atoms with Gasteiger partial charge in [0.1, 0.15) is 17.7 Å². The molecule has 1 aliphatic heterocycles. The lowest BCUT2D eigenvalue weighted by atomic mass is 10.1. The lowest BCUT2D eigenvalue weighted by Gasteiger charge is -2.36. The van der Waals surface area contributed by atoms with E-state index in [0.717, 1.165) is 29.8 Å². The molecule has 1 aliphatic rings. The number of rotatable bonds is 3. The highest BCUT2D eigenvalue weighted by Crippen LogP contribution is 2.37. The van der Waals surface area contributed by atoms with Crippen LogP contribution in [0.4, 0.5) is 5.82 Å². The first kappa shape index (κ1) is 14.8. The van der Waals surface area contributed by atoms with Crippen LogP contribution in [-0.4, -0.2) is 49.5 Å². The summed E-state index contributed by atoms with van der Waals surface area (Å²) in [6, 6.07) is 3.87. The first-order chi connectivity index (χ1) is 10.6. The van der Waals surface area contributed by atoms with Crippen LogP contribution in [0.3, 0.4) is 0 Å². The topological polar surface area (TPSA) is 56.7 Å². The molecule has 0 amide bonds. The van der Waals surface area contributed by atoms with Gasteiger partial charge in [0.05, 0.1) is 26.4 Å². The van der Waals surface area contributed by atoms with Gasteiger partial charge < -0.3 is 19.1 Å². The summed E-state index contributed by atoms with van der Waals surface area (Å²) in [5.41, 5.74) is 0.763. The van der Waals surface area contributed by atoms with Crippen molar-refractivity contribution < 1.29 is 14.2 Å². The molecule has 0 bridgehead atoms. The monoisotopic (exact) mass is 303 g/mol. The number of benzene rings is 1. The number of hydrogen-bond acceptors (Lipinski definition) is 6. The number of nitrogens with zero attached hydrogens (tertiary/aromatic N) is 3. The Hall–Kier alpha value is -2.08. The number of aromatic nitrogens is 2. The van der Waals surface area contributed by atoms with Crippen LogP contribution in [0, 0.1) is 0 Å². The minimum absolute atomic E-state index is 0.175. The van der Waals surface area contributed by atoms with E-state index >= 15 is 0 Å². The molecule has 6 nitrogen and oxygen atoms in total. The van der Waals surface area contributed by atoms with Gasteiger partial charge in [-0.25, -0.2) is 9.97 Å². The lowest BCUT2D eigenvalue weighted by Crippen LogP contribution is -2.45. The van der Waals surface area contributed by atoms with Gasteiger partial charge in [-0.3, -0.25) is 0 Å². The van der Waals surface area contributed by atoms with Crippen LogP contribution in [0.15, 0.2) is 18.5 Å². The fourth-order valence-corrected chi connectivity index (χ4v) is 3.03. The number of morpholine rings is 1. The fourth-order valence-electron chi connectivity index (χ4n) is 3.03. The molecule has 0 aliphatic carbocycles. The molecule has 0 spiro atoms. The highest BCUT2D eigenvalue weighted by molar-refractivity contribution is 5.95. The molecular formula is C16H21N3O3. The second-order valence-corrected chi connectivity index (χ2v) is 5.56. The highest BCUT2D eigenvalue weighted by atomic mass is 16.5. The van der Waals surface area contributed by atoms with Crippen molar-refractivity contribution in [3.63, 3.8) is 0 Å². The van der Waals surface area contributed by atoms with Gasteiger partial charge in [-0.05, 0) is 26.0 Å². The number of methoxy groups -OCH3 is 2. The van der Waals surface area contributed by atoms with Crippen LogP contribution >= 0.6 is 0 Å². The number of anilines is 1. The van der Waals surface area contributed by atoms with E-state index in [4.69, 9.17) is 14.2 Å². The molecular weight excluding hydrogens is 282 g/mol. The molecule has 1 aromatic carbocycles. The SMILES string of the molecule is COc1ccc2c(N3CC(C)OC(C)C3)ncnc2c1OC. The Labute approximate surface area is 130 Å². The Morgan fingerprint density at radius 3 is 2.45 bits per heavy atom. The Kier molecular flexibility index (Phi) is 4.02. The molecule has 22 heavy (non-hydrogen) atoms. The van der Waals surface area contributed by atoms with Gasteiger partial charge in [0.25, 0.3) is 0 Å². The zero-order valence-electron chi connectivity index (χ0n) is 13.4. The van der Waals surface area contributed by atoms with Crippen LogP contribution in [0.25, 0.3) is 10.9 Å². The number of hydrogen-bond donors (Lipinski definition) is 0. The molecule has 2 atom stereocenters. The second kappa shape index (κ2) is 5.96. The summed E-state index contributed by atoms with van der Waals surface area (Å²) >= 11 is 0. The molecule has 2 unspecified atom stereocenters. The quantitative estimate of drug-likeness (QED) is 0.867. The molecule has 1 saturated heterocycles. The Morgan fingerprint density at radius 2 is 1.82 bits per heavy atom. The highest BCUT2D eigenvalue weighted by Gasteiger charge is 2.25. The largest absolute Gasteiger partial charge is 0.493 e. The van der Waals surface area contributed by atoms with Crippen LogP contribution in [0.1, 0.15) is 13.8 Å². The van der Waals surface area contributed by atoms with Crippen LogP contribution in [-0.2, 0) is 4.74 Å². The zero-order valence-corrected chi connectivity index (χ0v) is 13.4. The van der Waals surface area contributed by atoms with Gasteiger partial charge in [-0.15, -0.1) is 0 Å². The summed E-state index contributed by atoms with van der Waals surface area (Å²) in [7, 11) is 3.25. The van der Waals surface area contributed by atoms with E-state index in [1.807, 2.05) is 12.1 Å². The molecule has 118 valence electrons. The summed E-state index contributed by atoms with van der Waals surface area (Å²) in [5.74, 6) is 2.22. The molecule has 6 heteroatoms. The van der Waals surface area contributed by atoms with Crippen LogP contribution < -0.4 is 14.4 Å². The van der Waals surface area contributed by atoms with E-state index in [0.29, 0.717) is 11.5 Å². The second-order valence-electron chi connectivity index (χ2n) is 5.56. The molecule has 0 saturated carbocycles. The Morgan fingerprint density at radius 1 is 1.09 bits per heavy atom. The molecule has 3 rings (SSSR count). The van der Waals surface area contributed by atoms with E-state index in [1.54, 1.807) is 20.5 Å². The van der Waals surface area contributed by atoms with Crippen molar-refractivity contribution in [1.82, 2.24) is 9.97 Å². The van der Waals surface area contributed by atoms with Crippen molar-refractivity contribution in [1.29, 1.82) is 0 Å². The van der Waals surface area contributed by atoms with E-state index in [9.17, 15) is 0 Å². The summed E-state index contributed by atoms with van der Waals surface area (Å²) in [6.45, 7) is 5.78. The maximum absolute atomic E-state index is 5.80. The third kappa shape index (κ3) is 2.54. The van der Waals surface area contributed by atoms with Crippen LogP contribution in [0.5, 0.6) is 11.5 Å². The normalized spacial score (nSPS) is 21.9. The first-order valence-electron chi connectivity index (χ1n) is 7.40. The zero-order chi connectivity index (χ0) is 15.7. The van der Waals surface area contributed by atoms with Gasteiger partial charge in [0, 0.05) is 18.5 Å². The summed E-state index contributed by atoms with van der Waals surface area (Å²) < 4.78 is 16.6. The van der Waals surface area contributed by atoms with Gasteiger partial charge in [0.15, 0.2) is 11.5 Å². The van der Waals surface area contributed by atoms with E-state index < -0.39 is 0 Å². The maximum atomic E-state index is 5.80. The minimum Gasteiger partial charge on any atom is -0.493 e. The van der Waals surface area contributed by atoms with Gasteiger partial charge in [-0.1, -0.05) is 0 Å². The summed E-state index contributed by atoms with van der Waals surface area (Å²) in [5, 5.41) is 0.960. The van der Waals surface area contributed by atoms with Crippen molar-refractivity contribution in [2.45, 2.75) is 26.1 Å². The van der Waals surface area contributed by atoms with Crippen molar-refractivity contribution in [2.24, 2.45) is 0 Å². The van der Waals surface area contributed by atoms with E-state index in [-0.39, 0.29) is 12.2 Å². The van der Waals surface area contributed by atoms with Crippen LogP contribution in [0.2, 0.25) is 0 Å². The lowest BCUT2D eigenvalue weighted by molar-refractivity contribution is -0.00537. The Bertz CT molecular complexity index is 667. The van der Waals surface area contributed by atoms with Gasteiger partial charge in [-0.2, -0.15) is 0 Å². The minimum atomic E-state index is 0.175. The van der Waals surface area contributed by atoms with Crippen molar-refractivity contribution in [2.75, 3.05) is 32.2 Å². The van der Waals surface area contributed by atoms with Crippen molar-refractivity contribution >= 4 is 16.7 Å². The average Bonchev–Trinajstić information content (AvgIpc) is 2.52.